The minimum atomic E-state index is -0.612. The molecule has 3 rings (SSSR count). The van der Waals surface area contributed by atoms with Gasteiger partial charge in [0.25, 0.3) is 0 Å². The lowest BCUT2D eigenvalue weighted by atomic mass is 10.0. The maximum absolute atomic E-state index is 12.2. The van der Waals surface area contributed by atoms with E-state index in [4.69, 9.17) is 4.74 Å². The average Bonchev–Trinajstić information content (AvgIpc) is 3.12. The average molecular weight is 331 g/mol. The van der Waals surface area contributed by atoms with E-state index in [1.54, 1.807) is 35.7 Å². The number of amides is 1. The molecule has 0 saturated heterocycles. The van der Waals surface area contributed by atoms with Gasteiger partial charge in [-0.3, -0.25) is 4.79 Å². The van der Waals surface area contributed by atoms with Crippen LogP contribution in [-0.2, 0) is 14.3 Å². The van der Waals surface area contributed by atoms with Crippen LogP contribution in [0.5, 0.6) is 0 Å². The summed E-state index contributed by atoms with van der Waals surface area (Å²) in [6, 6.07) is 8.60. The van der Waals surface area contributed by atoms with Crippen LogP contribution in [0.15, 0.2) is 35.7 Å². The molecule has 7 heteroatoms. The van der Waals surface area contributed by atoms with Crippen LogP contribution in [0.3, 0.4) is 0 Å². The van der Waals surface area contributed by atoms with Crippen molar-refractivity contribution in [2.75, 3.05) is 12.4 Å². The first-order valence-electron chi connectivity index (χ1n) is 6.85. The van der Waals surface area contributed by atoms with Crippen LogP contribution in [0, 0.1) is 0 Å². The summed E-state index contributed by atoms with van der Waals surface area (Å²) in [5.41, 5.74) is 1.58. The zero-order chi connectivity index (χ0) is 16.4. The van der Waals surface area contributed by atoms with Crippen LogP contribution in [0.25, 0.3) is 0 Å². The number of hydrogen-bond acceptors (Lipinski definition) is 6. The molecular weight excluding hydrogens is 318 g/mol. The maximum Gasteiger partial charge on any atom is 0.350 e. The highest BCUT2D eigenvalue weighted by Crippen LogP contribution is 2.33. The number of fused-ring (bicyclic) bond motifs is 1. The normalized spacial score (nSPS) is 15.7. The fourth-order valence-corrected chi connectivity index (χ4v) is 3.17. The van der Waals surface area contributed by atoms with Crippen LogP contribution >= 0.6 is 11.3 Å². The summed E-state index contributed by atoms with van der Waals surface area (Å²) in [4.78, 5) is 35.9. The number of anilines is 1. The van der Waals surface area contributed by atoms with Crippen LogP contribution in [0.4, 0.5) is 5.69 Å². The predicted octanol–water partition coefficient (Wildman–Crippen LogP) is 2.78. The molecule has 0 aliphatic carbocycles. The molecule has 1 aromatic heterocycles. The van der Waals surface area contributed by atoms with E-state index in [1.165, 1.54) is 18.4 Å². The third-order valence-corrected chi connectivity index (χ3v) is 4.35. The Hall–Kier alpha value is -2.67. The predicted molar refractivity (Wildman–Crippen MR) is 83.5 cm³/mol. The highest BCUT2D eigenvalue weighted by atomic mass is 32.1. The second kappa shape index (κ2) is 6.21. The van der Waals surface area contributed by atoms with Gasteiger partial charge in [0.2, 0.25) is 5.91 Å². The molecular formula is C16H13NO5S. The maximum atomic E-state index is 12.2. The first-order valence-corrected chi connectivity index (χ1v) is 7.73. The molecule has 1 aromatic carbocycles. The summed E-state index contributed by atoms with van der Waals surface area (Å²) in [6.07, 6.45) is -0.627. The van der Waals surface area contributed by atoms with Gasteiger partial charge >= 0.3 is 11.9 Å². The van der Waals surface area contributed by atoms with Crippen molar-refractivity contribution in [3.05, 3.63) is 51.7 Å². The van der Waals surface area contributed by atoms with Gasteiger partial charge in [0.05, 0.1) is 24.8 Å². The molecule has 0 fully saturated rings. The summed E-state index contributed by atoms with van der Waals surface area (Å²) in [5, 5.41) is 4.34. The Labute approximate surface area is 136 Å². The first-order chi connectivity index (χ1) is 11.1. The summed E-state index contributed by atoms with van der Waals surface area (Å²) in [6.45, 7) is 0. The molecule has 2 heterocycles. The molecule has 1 aliphatic rings. The summed E-state index contributed by atoms with van der Waals surface area (Å²) < 4.78 is 9.89. The number of carbonyl (C=O) groups is 3. The highest BCUT2D eigenvalue weighted by Gasteiger charge is 2.32. The van der Waals surface area contributed by atoms with E-state index in [2.05, 4.69) is 10.1 Å². The molecule has 6 nitrogen and oxygen atoms in total. The Morgan fingerprint density at radius 2 is 2.09 bits per heavy atom. The van der Waals surface area contributed by atoms with Crippen molar-refractivity contribution in [1.82, 2.24) is 0 Å². The van der Waals surface area contributed by atoms with E-state index in [0.29, 0.717) is 21.7 Å². The fraction of sp³-hybridized carbons (Fsp3) is 0.188. The van der Waals surface area contributed by atoms with Crippen LogP contribution < -0.4 is 5.32 Å². The van der Waals surface area contributed by atoms with Crippen molar-refractivity contribution >= 4 is 34.9 Å². The van der Waals surface area contributed by atoms with E-state index in [0.717, 1.165) is 0 Å². The number of nitrogens with one attached hydrogen (secondary N) is 1. The van der Waals surface area contributed by atoms with Gasteiger partial charge < -0.3 is 14.8 Å². The Balaban J connectivity index is 1.71. The molecule has 1 aliphatic heterocycles. The van der Waals surface area contributed by atoms with Crippen LogP contribution in [0.2, 0.25) is 0 Å². The highest BCUT2D eigenvalue weighted by molar-refractivity contribution is 7.12. The van der Waals surface area contributed by atoms with Gasteiger partial charge in [0, 0.05) is 5.56 Å². The van der Waals surface area contributed by atoms with E-state index in [-0.39, 0.29) is 12.3 Å². The number of esters is 2. The van der Waals surface area contributed by atoms with Crippen molar-refractivity contribution in [2.45, 2.75) is 12.5 Å². The lowest BCUT2D eigenvalue weighted by Crippen LogP contribution is -2.17. The minimum Gasteiger partial charge on any atom is -0.465 e. The minimum absolute atomic E-state index is 0.0147. The third kappa shape index (κ3) is 2.95. The number of rotatable bonds is 4. The number of carbonyl (C=O) groups excluding carboxylic acids is 3. The zero-order valence-corrected chi connectivity index (χ0v) is 13.0. The number of cyclic esters (lactones) is 1. The van der Waals surface area contributed by atoms with Crippen molar-refractivity contribution < 1.29 is 23.9 Å². The van der Waals surface area contributed by atoms with Gasteiger partial charge in [0.1, 0.15) is 11.0 Å². The smallest absolute Gasteiger partial charge is 0.350 e. The largest absolute Gasteiger partial charge is 0.465 e. The van der Waals surface area contributed by atoms with E-state index >= 15 is 0 Å². The van der Waals surface area contributed by atoms with Crippen molar-refractivity contribution in [3.63, 3.8) is 0 Å². The molecule has 23 heavy (non-hydrogen) atoms. The van der Waals surface area contributed by atoms with E-state index in [9.17, 15) is 14.4 Å². The standard InChI is InChI=1S/C16H13NO5S/c1-21-16(20)14-11(6-7-23-14)17-13(18)8-12-9-4-2-3-5-10(9)15(19)22-12/h2-7,12H,8H2,1H3,(H,17,18). The molecule has 118 valence electrons. The van der Waals surface area contributed by atoms with Gasteiger partial charge in [-0.2, -0.15) is 0 Å². The quantitative estimate of drug-likeness (QED) is 0.871. The molecule has 2 aromatic rings. The summed E-state index contributed by atoms with van der Waals surface area (Å²) >= 11 is 1.18. The Morgan fingerprint density at radius 3 is 2.87 bits per heavy atom. The SMILES string of the molecule is COC(=O)c1sccc1NC(=O)CC1OC(=O)c2ccccc21. The number of thiophene rings is 1. The molecule has 1 unspecified atom stereocenters. The van der Waals surface area contributed by atoms with Crippen molar-refractivity contribution in [3.8, 4) is 0 Å². The molecule has 0 saturated carbocycles. The number of ether oxygens (including phenoxy) is 2. The number of benzene rings is 1. The van der Waals surface area contributed by atoms with Gasteiger partial charge in [-0.15, -0.1) is 11.3 Å². The van der Waals surface area contributed by atoms with Gasteiger partial charge in [-0.05, 0) is 17.5 Å². The molecule has 1 atom stereocenters. The second-order valence-electron chi connectivity index (χ2n) is 4.89. The van der Waals surface area contributed by atoms with Gasteiger partial charge in [0.15, 0.2) is 0 Å². The zero-order valence-electron chi connectivity index (χ0n) is 12.2. The van der Waals surface area contributed by atoms with Crippen molar-refractivity contribution in [2.24, 2.45) is 0 Å². The summed E-state index contributed by atoms with van der Waals surface area (Å²) in [5.74, 6) is -1.28. The monoisotopic (exact) mass is 331 g/mol. The Kier molecular flexibility index (Phi) is 4.12. The lowest BCUT2D eigenvalue weighted by molar-refractivity contribution is -0.118. The number of methoxy groups -OCH3 is 1. The third-order valence-electron chi connectivity index (χ3n) is 3.46. The lowest BCUT2D eigenvalue weighted by Gasteiger charge is -2.11. The molecule has 0 radical (unpaired) electrons. The van der Waals surface area contributed by atoms with Crippen LogP contribution in [0.1, 0.15) is 38.1 Å². The van der Waals surface area contributed by atoms with Gasteiger partial charge in [-0.1, -0.05) is 18.2 Å². The van der Waals surface area contributed by atoms with Gasteiger partial charge in [-0.25, -0.2) is 9.59 Å². The number of hydrogen-bond donors (Lipinski definition) is 1. The molecule has 1 N–H and O–H groups in total. The summed E-state index contributed by atoms with van der Waals surface area (Å²) in [7, 11) is 1.28. The van der Waals surface area contributed by atoms with Crippen LogP contribution in [-0.4, -0.2) is 25.0 Å². The second-order valence-corrected chi connectivity index (χ2v) is 5.80. The molecule has 1 amide bonds. The topological polar surface area (TPSA) is 81.7 Å². The molecule has 0 spiro atoms. The van der Waals surface area contributed by atoms with E-state index in [1.807, 2.05) is 0 Å². The first kappa shape index (κ1) is 15.2. The van der Waals surface area contributed by atoms with Crippen molar-refractivity contribution in [1.29, 1.82) is 0 Å². The molecule has 0 bridgehead atoms. The fourth-order valence-electron chi connectivity index (χ4n) is 2.40. The van der Waals surface area contributed by atoms with E-state index < -0.39 is 18.0 Å². The Bertz CT molecular complexity index is 782. The Morgan fingerprint density at radius 1 is 1.30 bits per heavy atom.